The van der Waals surface area contributed by atoms with E-state index in [1.54, 1.807) is 0 Å². The summed E-state index contributed by atoms with van der Waals surface area (Å²) < 4.78 is 0. The summed E-state index contributed by atoms with van der Waals surface area (Å²) >= 11 is 0. The molecule has 4 nitrogen and oxygen atoms in total. The van der Waals surface area contributed by atoms with Gasteiger partial charge in [-0.2, -0.15) is 0 Å². The Kier molecular flexibility index (Phi) is 5.41. The lowest BCUT2D eigenvalue weighted by atomic mass is 10.1. The van der Waals surface area contributed by atoms with Crippen molar-refractivity contribution in [3.05, 3.63) is 35.9 Å². The van der Waals surface area contributed by atoms with E-state index >= 15 is 0 Å². The summed E-state index contributed by atoms with van der Waals surface area (Å²) in [4.78, 5) is 9.14. The SMILES string of the molecule is CN1CCC(CNC(=NCc2ccccc2)N(C)C)C1. The van der Waals surface area contributed by atoms with Crippen molar-refractivity contribution in [3.8, 4) is 0 Å². The molecule has 1 aliphatic rings. The van der Waals surface area contributed by atoms with Crippen molar-refractivity contribution in [2.24, 2.45) is 10.9 Å². The monoisotopic (exact) mass is 274 g/mol. The Morgan fingerprint density at radius 1 is 1.35 bits per heavy atom. The first-order chi connectivity index (χ1) is 9.65. The van der Waals surface area contributed by atoms with Crippen LogP contribution in [0, 0.1) is 5.92 Å². The molecule has 1 saturated heterocycles. The van der Waals surface area contributed by atoms with E-state index in [4.69, 9.17) is 4.99 Å². The van der Waals surface area contributed by atoms with Crippen molar-refractivity contribution in [1.82, 2.24) is 15.1 Å². The summed E-state index contributed by atoms with van der Waals surface area (Å²) in [5.74, 6) is 1.71. The van der Waals surface area contributed by atoms with Crippen LogP contribution < -0.4 is 5.32 Å². The van der Waals surface area contributed by atoms with Crippen LogP contribution in [0.2, 0.25) is 0 Å². The molecule has 1 heterocycles. The summed E-state index contributed by atoms with van der Waals surface area (Å²) in [6, 6.07) is 10.4. The fraction of sp³-hybridized carbons (Fsp3) is 0.562. The van der Waals surface area contributed by atoms with Crippen LogP contribution in [0.4, 0.5) is 0 Å². The Morgan fingerprint density at radius 2 is 2.10 bits per heavy atom. The zero-order chi connectivity index (χ0) is 14.4. The van der Waals surface area contributed by atoms with Crippen LogP contribution in [0.1, 0.15) is 12.0 Å². The maximum absolute atomic E-state index is 4.69. The molecular formula is C16H26N4. The Morgan fingerprint density at radius 3 is 2.70 bits per heavy atom. The maximum atomic E-state index is 4.69. The molecule has 1 aromatic rings. The van der Waals surface area contributed by atoms with Gasteiger partial charge in [0.1, 0.15) is 0 Å². The van der Waals surface area contributed by atoms with Gasteiger partial charge in [0.2, 0.25) is 0 Å². The number of hydrogen-bond acceptors (Lipinski definition) is 2. The highest BCUT2D eigenvalue weighted by Crippen LogP contribution is 2.12. The predicted molar refractivity (Wildman–Crippen MR) is 84.9 cm³/mol. The fourth-order valence-electron chi connectivity index (χ4n) is 2.53. The molecule has 110 valence electrons. The van der Waals surface area contributed by atoms with Gasteiger partial charge in [-0.1, -0.05) is 30.3 Å². The lowest BCUT2D eigenvalue weighted by Crippen LogP contribution is -2.39. The molecule has 1 unspecified atom stereocenters. The van der Waals surface area contributed by atoms with E-state index in [0.29, 0.717) is 0 Å². The molecule has 0 aliphatic carbocycles. The van der Waals surface area contributed by atoms with Crippen LogP contribution in [0.25, 0.3) is 0 Å². The standard InChI is InChI=1S/C16H26N4/c1-19(2)16(17-11-14-7-5-4-6-8-14)18-12-15-9-10-20(3)13-15/h4-8,15H,9-13H2,1-3H3,(H,17,18). The summed E-state index contributed by atoms with van der Waals surface area (Å²) in [7, 11) is 6.27. The quantitative estimate of drug-likeness (QED) is 0.669. The molecule has 0 saturated carbocycles. The van der Waals surface area contributed by atoms with E-state index in [-0.39, 0.29) is 0 Å². The minimum atomic E-state index is 0.728. The molecule has 0 radical (unpaired) electrons. The lowest BCUT2D eigenvalue weighted by Gasteiger charge is -2.20. The first kappa shape index (κ1) is 14.9. The number of benzene rings is 1. The zero-order valence-corrected chi connectivity index (χ0v) is 12.8. The largest absolute Gasteiger partial charge is 0.356 e. The van der Waals surface area contributed by atoms with Gasteiger partial charge in [0, 0.05) is 27.2 Å². The first-order valence-electron chi connectivity index (χ1n) is 7.33. The molecule has 1 atom stereocenters. The number of aliphatic imine (C=N–C) groups is 1. The van der Waals surface area contributed by atoms with Gasteiger partial charge in [0.05, 0.1) is 6.54 Å². The minimum absolute atomic E-state index is 0.728. The Balaban J connectivity index is 1.86. The van der Waals surface area contributed by atoms with Gasteiger partial charge in [-0.25, -0.2) is 4.99 Å². The number of rotatable bonds is 4. The van der Waals surface area contributed by atoms with Crippen LogP contribution >= 0.6 is 0 Å². The van der Waals surface area contributed by atoms with Gasteiger partial charge < -0.3 is 15.1 Å². The maximum Gasteiger partial charge on any atom is 0.193 e. The van der Waals surface area contributed by atoms with Crippen molar-refractivity contribution in [2.75, 3.05) is 40.8 Å². The van der Waals surface area contributed by atoms with E-state index < -0.39 is 0 Å². The van der Waals surface area contributed by atoms with E-state index in [1.165, 1.54) is 25.1 Å². The van der Waals surface area contributed by atoms with Crippen LogP contribution in [-0.4, -0.2) is 56.5 Å². The second-order valence-corrected chi connectivity index (χ2v) is 5.82. The van der Waals surface area contributed by atoms with Crippen LogP contribution in [-0.2, 0) is 6.54 Å². The average molecular weight is 274 g/mol. The predicted octanol–water partition coefficient (Wildman–Crippen LogP) is 1.65. The zero-order valence-electron chi connectivity index (χ0n) is 12.8. The molecule has 1 N–H and O–H groups in total. The van der Waals surface area contributed by atoms with Crippen molar-refractivity contribution in [2.45, 2.75) is 13.0 Å². The average Bonchev–Trinajstić information content (AvgIpc) is 2.85. The molecule has 0 amide bonds. The molecule has 1 aromatic carbocycles. The number of nitrogens with one attached hydrogen (secondary N) is 1. The minimum Gasteiger partial charge on any atom is -0.356 e. The highest BCUT2D eigenvalue weighted by Gasteiger charge is 2.19. The number of likely N-dealkylation sites (tertiary alicyclic amines) is 1. The third-order valence-electron chi connectivity index (χ3n) is 3.72. The molecular weight excluding hydrogens is 248 g/mol. The van der Waals surface area contributed by atoms with Gasteiger partial charge in [0.25, 0.3) is 0 Å². The van der Waals surface area contributed by atoms with Crippen molar-refractivity contribution in [3.63, 3.8) is 0 Å². The summed E-state index contributed by atoms with van der Waals surface area (Å²) in [5.41, 5.74) is 1.24. The van der Waals surface area contributed by atoms with Gasteiger partial charge in [-0.3, -0.25) is 0 Å². The molecule has 0 spiro atoms. The molecule has 20 heavy (non-hydrogen) atoms. The third kappa shape index (κ3) is 4.53. The van der Waals surface area contributed by atoms with Gasteiger partial charge in [0.15, 0.2) is 5.96 Å². The fourth-order valence-corrected chi connectivity index (χ4v) is 2.53. The van der Waals surface area contributed by atoms with Gasteiger partial charge in [-0.15, -0.1) is 0 Å². The highest BCUT2D eigenvalue weighted by atomic mass is 15.3. The van der Waals surface area contributed by atoms with Crippen LogP contribution in [0.5, 0.6) is 0 Å². The number of hydrogen-bond donors (Lipinski definition) is 1. The lowest BCUT2D eigenvalue weighted by molar-refractivity contribution is 0.392. The third-order valence-corrected chi connectivity index (χ3v) is 3.72. The summed E-state index contributed by atoms with van der Waals surface area (Å²) in [6.45, 7) is 4.14. The first-order valence-corrected chi connectivity index (χ1v) is 7.33. The van der Waals surface area contributed by atoms with Crippen LogP contribution in [0.3, 0.4) is 0 Å². The van der Waals surface area contributed by atoms with Crippen molar-refractivity contribution >= 4 is 5.96 Å². The molecule has 1 aliphatic heterocycles. The van der Waals surface area contributed by atoms with E-state index in [2.05, 4.69) is 46.4 Å². The van der Waals surface area contributed by atoms with E-state index in [1.807, 2.05) is 20.2 Å². The molecule has 4 heteroatoms. The topological polar surface area (TPSA) is 30.9 Å². The number of nitrogens with zero attached hydrogens (tertiary/aromatic N) is 3. The Labute approximate surface area is 122 Å². The van der Waals surface area contributed by atoms with Gasteiger partial charge >= 0.3 is 0 Å². The second kappa shape index (κ2) is 7.29. The molecule has 0 bridgehead atoms. The van der Waals surface area contributed by atoms with Crippen molar-refractivity contribution < 1.29 is 0 Å². The molecule has 0 aromatic heterocycles. The van der Waals surface area contributed by atoms with Gasteiger partial charge in [-0.05, 0) is 31.5 Å². The molecule has 2 rings (SSSR count). The normalized spacial score (nSPS) is 20.1. The molecule has 1 fully saturated rings. The summed E-state index contributed by atoms with van der Waals surface area (Å²) in [6.07, 6.45) is 1.28. The van der Waals surface area contributed by atoms with Crippen molar-refractivity contribution in [1.29, 1.82) is 0 Å². The Bertz CT molecular complexity index is 427. The Hall–Kier alpha value is -1.55. The second-order valence-electron chi connectivity index (χ2n) is 5.82. The number of guanidine groups is 1. The van der Waals surface area contributed by atoms with E-state index in [9.17, 15) is 0 Å². The van der Waals surface area contributed by atoms with E-state index in [0.717, 1.165) is 25.0 Å². The smallest absolute Gasteiger partial charge is 0.193 e. The summed E-state index contributed by atoms with van der Waals surface area (Å²) in [5, 5.41) is 3.50. The van der Waals surface area contributed by atoms with Crippen LogP contribution in [0.15, 0.2) is 35.3 Å². The highest BCUT2D eigenvalue weighted by molar-refractivity contribution is 5.79.